The first-order valence-electron chi connectivity index (χ1n) is 5.94. The van der Waals surface area contributed by atoms with Gasteiger partial charge in [-0.1, -0.05) is 17.7 Å². The number of nitrogens with one attached hydrogen (secondary N) is 2. The highest BCUT2D eigenvalue weighted by Gasteiger charge is 2.33. The fourth-order valence-electron chi connectivity index (χ4n) is 2.37. The first-order valence-corrected chi connectivity index (χ1v) is 6.32. The van der Waals surface area contributed by atoms with Crippen molar-refractivity contribution in [2.45, 2.75) is 19.3 Å². The number of H-pyrrole nitrogens is 2. The Morgan fingerprint density at radius 2 is 1.95 bits per heavy atom. The molecule has 0 bridgehead atoms. The number of aliphatic hydroxyl groups excluding tert-OH is 2. The summed E-state index contributed by atoms with van der Waals surface area (Å²) in [5, 5.41) is 18.8. The molecule has 104 valence electrons. The van der Waals surface area contributed by atoms with Crippen molar-refractivity contribution >= 4 is 17.2 Å². The van der Waals surface area contributed by atoms with Crippen LogP contribution in [0.25, 0.3) is 5.57 Å². The second kappa shape index (κ2) is 5.32. The van der Waals surface area contributed by atoms with Gasteiger partial charge in [-0.2, -0.15) is 0 Å². The molecule has 0 radical (unpaired) electrons. The van der Waals surface area contributed by atoms with Crippen LogP contribution in [0.15, 0.2) is 15.7 Å². The van der Waals surface area contributed by atoms with Crippen LogP contribution in [0.3, 0.4) is 0 Å². The number of aromatic amines is 2. The predicted octanol–water partition coefficient (Wildman–Crippen LogP) is 0.255. The molecule has 0 fully saturated rings. The van der Waals surface area contributed by atoms with Crippen molar-refractivity contribution in [2.24, 2.45) is 5.41 Å². The van der Waals surface area contributed by atoms with Crippen LogP contribution in [-0.4, -0.2) is 33.4 Å². The van der Waals surface area contributed by atoms with Crippen LogP contribution in [0.2, 0.25) is 5.15 Å². The van der Waals surface area contributed by atoms with Crippen LogP contribution in [0, 0.1) is 5.41 Å². The third-order valence-electron chi connectivity index (χ3n) is 3.52. The Morgan fingerprint density at radius 3 is 2.53 bits per heavy atom. The van der Waals surface area contributed by atoms with Gasteiger partial charge in [-0.15, -0.1) is 0 Å². The molecule has 1 heterocycles. The lowest BCUT2D eigenvalue weighted by molar-refractivity contribution is 0.0494. The van der Waals surface area contributed by atoms with Gasteiger partial charge in [0.05, 0.1) is 18.8 Å². The highest BCUT2D eigenvalue weighted by Crippen LogP contribution is 2.39. The summed E-state index contributed by atoms with van der Waals surface area (Å²) in [6, 6.07) is 0. The predicted molar refractivity (Wildman–Crippen MR) is 71.1 cm³/mol. The van der Waals surface area contributed by atoms with Gasteiger partial charge in [-0.3, -0.25) is 14.8 Å². The molecule has 2 rings (SSSR count). The number of hydrogen-bond donors (Lipinski definition) is 4. The van der Waals surface area contributed by atoms with Crippen molar-refractivity contribution in [3.05, 3.63) is 37.6 Å². The second-order valence-electron chi connectivity index (χ2n) is 4.86. The van der Waals surface area contributed by atoms with Gasteiger partial charge in [-0.05, 0) is 24.8 Å². The quantitative estimate of drug-likeness (QED) is 0.598. The Bertz CT molecular complexity index is 613. The Kier molecular flexibility index (Phi) is 3.93. The number of hydrogen-bond acceptors (Lipinski definition) is 4. The molecule has 1 aromatic rings. The van der Waals surface area contributed by atoms with Crippen LogP contribution in [-0.2, 0) is 0 Å². The Hall–Kier alpha value is -1.37. The summed E-state index contributed by atoms with van der Waals surface area (Å²) in [6.07, 6.45) is 3.46. The zero-order valence-corrected chi connectivity index (χ0v) is 11.0. The number of rotatable bonds is 3. The lowest BCUT2D eigenvalue weighted by Crippen LogP contribution is -2.33. The Labute approximate surface area is 113 Å². The van der Waals surface area contributed by atoms with Gasteiger partial charge in [-0.25, -0.2) is 4.79 Å². The smallest absolute Gasteiger partial charge is 0.326 e. The fraction of sp³-hybridized carbons (Fsp3) is 0.500. The first kappa shape index (κ1) is 14.0. The molecule has 19 heavy (non-hydrogen) atoms. The van der Waals surface area contributed by atoms with E-state index in [1.54, 1.807) is 0 Å². The summed E-state index contributed by atoms with van der Waals surface area (Å²) in [7, 11) is 0. The molecule has 1 aliphatic carbocycles. The van der Waals surface area contributed by atoms with E-state index in [-0.39, 0.29) is 23.9 Å². The summed E-state index contributed by atoms with van der Waals surface area (Å²) >= 11 is 5.91. The molecule has 0 unspecified atom stereocenters. The van der Waals surface area contributed by atoms with E-state index in [2.05, 4.69) is 9.97 Å². The average Bonchev–Trinajstić information content (AvgIpc) is 2.37. The summed E-state index contributed by atoms with van der Waals surface area (Å²) in [5.74, 6) is 0. The second-order valence-corrected chi connectivity index (χ2v) is 5.24. The molecule has 4 N–H and O–H groups in total. The van der Waals surface area contributed by atoms with Crippen LogP contribution in [0.4, 0.5) is 0 Å². The normalized spacial score (nSPS) is 18.2. The molecule has 0 spiro atoms. The average molecular weight is 287 g/mol. The highest BCUT2D eigenvalue weighted by molar-refractivity contribution is 6.31. The van der Waals surface area contributed by atoms with E-state index in [4.69, 9.17) is 11.6 Å². The number of allylic oxidation sites excluding steroid dienone is 2. The van der Waals surface area contributed by atoms with E-state index in [9.17, 15) is 19.8 Å². The maximum atomic E-state index is 11.8. The molecule has 0 aromatic carbocycles. The molecule has 1 aromatic heterocycles. The van der Waals surface area contributed by atoms with Crippen molar-refractivity contribution in [1.82, 2.24) is 9.97 Å². The standard InChI is InChI=1S/C12H15ClN2O4/c13-9-8(10(18)15-11(19)14-9)7-2-1-3-12(4-7,5-16)6-17/h2,16-17H,1,3-6H2,(H2,14,15,18,19). The summed E-state index contributed by atoms with van der Waals surface area (Å²) < 4.78 is 0. The number of halogens is 1. The van der Waals surface area contributed by atoms with Crippen molar-refractivity contribution in [3.8, 4) is 0 Å². The molecule has 7 heteroatoms. The highest BCUT2D eigenvalue weighted by atomic mass is 35.5. The number of aromatic nitrogens is 2. The van der Waals surface area contributed by atoms with Crippen molar-refractivity contribution in [1.29, 1.82) is 0 Å². The van der Waals surface area contributed by atoms with Crippen molar-refractivity contribution in [2.75, 3.05) is 13.2 Å². The Balaban J connectivity index is 2.46. The zero-order chi connectivity index (χ0) is 14.0. The summed E-state index contributed by atoms with van der Waals surface area (Å²) in [5.41, 5.74) is -1.03. The monoisotopic (exact) mass is 286 g/mol. The topological polar surface area (TPSA) is 106 Å². The molecular formula is C12H15ClN2O4. The maximum Gasteiger partial charge on any atom is 0.326 e. The van der Waals surface area contributed by atoms with E-state index in [0.29, 0.717) is 24.8 Å². The van der Waals surface area contributed by atoms with Crippen LogP contribution in [0.5, 0.6) is 0 Å². The molecule has 0 amide bonds. The van der Waals surface area contributed by atoms with Crippen molar-refractivity contribution in [3.63, 3.8) is 0 Å². The molecule has 0 aliphatic heterocycles. The van der Waals surface area contributed by atoms with E-state index < -0.39 is 16.7 Å². The van der Waals surface area contributed by atoms with E-state index >= 15 is 0 Å². The van der Waals surface area contributed by atoms with E-state index in [1.165, 1.54) is 0 Å². The van der Waals surface area contributed by atoms with E-state index in [0.717, 1.165) is 0 Å². The van der Waals surface area contributed by atoms with Gasteiger partial charge in [0.25, 0.3) is 5.56 Å². The molecule has 1 aliphatic rings. The van der Waals surface area contributed by atoms with Crippen LogP contribution < -0.4 is 11.2 Å². The molecule has 0 saturated carbocycles. The minimum atomic E-state index is -0.661. The van der Waals surface area contributed by atoms with Gasteiger partial charge in [0.1, 0.15) is 5.15 Å². The van der Waals surface area contributed by atoms with Gasteiger partial charge >= 0.3 is 5.69 Å². The van der Waals surface area contributed by atoms with Gasteiger partial charge in [0.15, 0.2) is 0 Å². The minimum absolute atomic E-state index is 0.0216. The zero-order valence-electron chi connectivity index (χ0n) is 10.2. The number of aliphatic hydroxyl groups is 2. The van der Waals surface area contributed by atoms with Gasteiger partial charge in [0, 0.05) is 5.41 Å². The minimum Gasteiger partial charge on any atom is -0.396 e. The molecule has 6 nitrogen and oxygen atoms in total. The summed E-state index contributed by atoms with van der Waals surface area (Å²) in [6.45, 7) is -0.334. The molecular weight excluding hydrogens is 272 g/mol. The lowest BCUT2D eigenvalue weighted by Gasteiger charge is -2.33. The van der Waals surface area contributed by atoms with Gasteiger partial charge < -0.3 is 10.2 Å². The third-order valence-corrected chi connectivity index (χ3v) is 3.80. The van der Waals surface area contributed by atoms with Crippen LogP contribution >= 0.6 is 11.6 Å². The van der Waals surface area contributed by atoms with Crippen molar-refractivity contribution < 1.29 is 10.2 Å². The fourth-order valence-corrected chi connectivity index (χ4v) is 2.67. The Morgan fingerprint density at radius 1 is 1.26 bits per heavy atom. The van der Waals surface area contributed by atoms with Gasteiger partial charge in [0.2, 0.25) is 0 Å². The third kappa shape index (κ3) is 2.65. The van der Waals surface area contributed by atoms with Crippen LogP contribution in [0.1, 0.15) is 24.8 Å². The lowest BCUT2D eigenvalue weighted by atomic mass is 9.74. The SMILES string of the molecule is O=c1[nH]c(Cl)c(C2=CCCC(CO)(CO)C2)c(=O)[nH]1. The van der Waals surface area contributed by atoms with E-state index in [1.807, 2.05) is 6.08 Å². The maximum absolute atomic E-state index is 11.8. The molecule has 0 saturated heterocycles. The first-order chi connectivity index (χ1) is 9.01. The summed E-state index contributed by atoms with van der Waals surface area (Å²) in [4.78, 5) is 27.4. The molecule has 0 atom stereocenters. The largest absolute Gasteiger partial charge is 0.396 e.